The number of hydrogen-bond donors (Lipinski definition) is 4. The highest BCUT2D eigenvalue weighted by molar-refractivity contribution is 6.31. The summed E-state index contributed by atoms with van der Waals surface area (Å²) in [5.41, 5.74) is 3.72. The van der Waals surface area contributed by atoms with E-state index < -0.39 is 5.97 Å². The number of aryl methyl sites for hydroxylation is 1. The summed E-state index contributed by atoms with van der Waals surface area (Å²) in [7, 11) is 3.35. The number of nitrogens with one attached hydrogen (secondary N) is 3. The van der Waals surface area contributed by atoms with Gasteiger partial charge in [-0.1, -0.05) is 17.7 Å². The van der Waals surface area contributed by atoms with Crippen LogP contribution in [0.1, 0.15) is 23.6 Å². The summed E-state index contributed by atoms with van der Waals surface area (Å²) < 4.78 is 5.93. The lowest BCUT2D eigenvalue weighted by molar-refractivity contribution is -0.133. The van der Waals surface area contributed by atoms with Crippen molar-refractivity contribution < 1.29 is 14.6 Å². The molecule has 0 atom stereocenters. The minimum Gasteiger partial charge on any atom is -0.488 e. The third-order valence-electron chi connectivity index (χ3n) is 4.44. The number of rotatable bonds is 8. The van der Waals surface area contributed by atoms with Crippen LogP contribution in [0.2, 0.25) is 5.02 Å². The Bertz CT molecular complexity index is 938. The zero-order chi connectivity index (χ0) is 20.8. The van der Waals surface area contributed by atoms with Crippen molar-refractivity contribution in [2.24, 2.45) is 0 Å². The van der Waals surface area contributed by atoms with Crippen molar-refractivity contribution in [3.63, 3.8) is 0 Å². The van der Waals surface area contributed by atoms with E-state index in [0.717, 1.165) is 16.8 Å². The maximum absolute atomic E-state index is 11.3. The molecule has 0 heterocycles. The first-order valence-electron chi connectivity index (χ1n) is 8.70. The molecule has 2 rings (SSSR count). The summed E-state index contributed by atoms with van der Waals surface area (Å²) in [5, 5.41) is 23.9. The van der Waals surface area contributed by atoms with E-state index in [-0.39, 0.29) is 11.4 Å². The lowest BCUT2D eigenvalue weighted by Gasteiger charge is -2.15. The zero-order valence-electron chi connectivity index (χ0n) is 16.3. The lowest BCUT2D eigenvalue weighted by atomic mass is 10.00. The van der Waals surface area contributed by atoms with Crippen molar-refractivity contribution in [2.45, 2.75) is 20.5 Å². The first kappa shape index (κ1) is 21.3. The molecule has 28 heavy (non-hydrogen) atoms. The molecule has 2 aromatic carbocycles. The van der Waals surface area contributed by atoms with Crippen LogP contribution in [0.3, 0.4) is 0 Å². The van der Waals surface area contributed by atoms with Crippen molar-refractivity contribution >= 4 is 29.0 Å². The molecule has 0 saturated carbocycles. The predicted octanol–water partition coefficient (Wildman–Crippen LogP) is 4.21. The average Bonchev–Trinajstić information content (AvgIpc) is 2.67. The Morgan fingerprint density at radius 2 is 1.96 bits per heavy atom. The summed E-state index contributed by atoms with van der Waals surface area (Å²) in [6.45, 7) is 3.79. The molecule has 0 aromatic heterocycles. The second-order valence-corrected chi connectivity index (χ2v) is 6.62. The van der Waals surface area contributed by atoms with Gasteiger partial charge in [-0.25, -0.2) is 4.79 Å². The Hall–Kier alpha value is -2.99. The summed E-state index contributed by atoms with van der Waals surface area (Å²) in [5.74, 6) is -0.422. The van der Waals surface area contributed by atoms with Crippen LogP contribution in [0.25, 0.3) is 0 Å². The number of carbonyl (C=O) groups is 1. The highest BCUT2D eigenvalue weighted by atomic mass is 35.5. The molecule has 148 valence electrons. The quantitative estimate of drug-likeness (QED) is 0.392. The van der Waals surface area contributed by atoms with E-state index in [2.05, 4.69) is 10.6 Å². The fourth-order valence-corrected chi connectivity index (χ4v) is 3.08. The van der Waals surface area contributed by atoms with Crippen molar-refractivity contribution in [3.05, 3.63) is 69.4 Å². The third kappa shape index (κ3) is 4.64. The first-order chi connectivity index (χ1) is 13.3. The van der Waals surface area contributed by atoms with E-state index in [0.29, 0.717) is 28.5 Å². The van der Waals surface area contributed by atoms with Gasteiger partial charge in [-0.15, -0.1) is 0 Å². The summed E-state index contributed by atoms with van der Waals surface area (Å²) in [4.78, 5) is 11.3. The molecular formula is C21H24ClN3O3. The molecule has 0 amide bonds. The standard InChI is InChI=1S/C21H24ClN3O3/c1-12-10-14(19(23)13(2)20(25-4)21(26)27)8-9-18(12)28-11-15-16(22)6-5-7-17(15)24-3/h5-10,23-25H,11H2,1-4H3,(H,26,27)/b20-13-,23-19?. The molecular weight excluding hydrogens is 378 g/mol. The normalized spacial score (nSPS) is 11.5. The Balaban J connectivity index is 2.24. The third-order valence-corrected chi connectivity index (χ3v) is 4.79. The fourth-order valence-electron chi connectivity index (χ4n) is 2.85. The van der Waals surface area contributed by atoms with Crippen molar-refractivity contribution in [2.75, 3.05) is 19.4 Å². The number of halogens is 1. The van der Waals surface area contributed by atoms with Crippen LogP contribution in [-0.2, 0) is 11.4 Å². The van der Waals surface area contributed by atoms with E-state index in [1.54, 1.807) is 19.1 Å². The van der Waals surface area contributed by atoms with Crippen molar-refractivity contribution in [1.29, 1.82) is 5.41 Å². The number of anilines is 1. The maximum atomic E-state index is 11.3. The minimum atomic E-state index is -1.10. The Labute approximate surface area is 169 Å². The van der Waals surface area contributed by atoms with Gasteiger partial charge in [0.1, 0.15) is 18.1 Å². The number of allylic oxidation sites excluding steroid dienone is 1. The summed E-state index contributed by atoms with van der Waals surface area (Å²) in [6, 6.07) is 10.9. The molecule has 0 bridgehead atoms. The maximum Gasteiger partial charge on any atom is 0.352 e. The van der Waals surface area contributed by atoms with Crippen LogP contribution in [0, 0.1) is 12.3 Å². The molecule has 2 aromatic rings. The largest absolute Gasteiger partial charge is 0.488 e. The fraction of sp³-hybridized carbons (Fsp3) is 0.238. The first-order valence-corrected chi connectivity index (χ1v) is 9.07. The smallest absolute Gasteiger partial charge is 0.352 e. The molecule has 0 radical (unpaired) electrons. The SMILES string of the molecule is CN/C(C(=O)O)=C(/C)C(=N)c1ccc(OCc2c(Cl)cccc2NC)c(C)c1. The van der Waals surface area contributed by atoms with Gasteiger partial charge in [-0.05, 0) is 49.7 Å². The number of hydrogen-bond acceptors (Lipinski definition) is 5. The Morgan fingerprint density at radius 1 is 1.25 bits per heavy atom. The Morgan fingerprint density at radius 3 is 2.54 bits per heavy atom. The number of likely N-dealkylation sites (N-methyl/N-ethyl adjacent to an activating group) is 1. The van der Waals surface area contributed by atoms with Crippen LogP contribution in [-0.4, -0.2) is 30.9 Å². The van der Waals surface area contributed by atoms with Gasteiger partial charge in [0.25, 0.3) is 0 Å². The van der Waals surface area contributed by atoms with Gasteiger partial charge in [-0.3, -0.25) is 5.41 Å². The van der Waals surface area contributed by atoms with Crippen LogP contribution in [0.5, 0.6) is 5.75 Å². The van der Waals surface area contributed by atoms with E-state index >= 15 is 0 Å². The molecule has 0 aliphatic heterocycles. The second kappa shape index (κ2) is 9.28. The van der Waals surface area contributed by atoms with Gasteiger partial charge in [0.05, 0.1) is 5.71 Å². The van der Waals surface area contributed by atoms with Gasteiger partial charge in [0.15, 0.2) is 0 Å². The Kier molecular flexibility index (Phi) is 7.06. The number of aliphatic carboxylic acids is 1. The number of carboxylic acid groups (broad SMARTS) is 1. The topological polar surface area (TPSA) is 94.4 Å². The molecule has 6 nitrogen and oxygen atoms in total. The van der Waals surface area contributed by atoms with Crippen molar-refractivity contribution in [1.82, 2.24) is 5.32 Å². The second-order valence-electron chi connectivity index (χ2n) is 6.22. The number of carboxylic acids is 1. The summed E-state index contributed by atoms with van der Waals surface area (Å²) >= 11 is 6.28. The van der Waals surface area contributed by atoms with Gasteiger partial charge < -0.3 is 20.5 Å². The predicted molar refractivity (Wildman–Crippen MR) is 113 cm³/mol. The van der Waals surface area contributed by atoms with E-state index in [1.807, 2.05) is 38.2 Å². The minimum absolute atomic E-state index is 0.00120. The highest BCUT2D eigenvalue weighted by Crippen LogP contribution is 2.27. The van der Waals surface area contributed by atoms with Gasteiger partial charge in [0, 0.05) is 41.5 Å². The monoisotopic (exact) mass is 401 g/mol. The molecule has 0 spiro atoms. The van der Waals surface area contributed by atoms with Crippen LogP contribution < -0.4 is 15.4 Å². The van der Waals surface area contributed by atoms with Gasteiger partial charge in [0.2, 0.25) is 0 Å². The molecule has 0 unspecified atom stereocenters. The molecule has 0 aliphatic rings. The van der Waals surface area contributed by atoms with Gasteiger partial charge >= 0.3 is 5.97 Å². The van der Waals surface area contributed by atoms with E-state index in [9.17, 15) is 9.90 Å². The average molecular weight is 402 g/mol. The molecule has 7 heteroatoms. The lowest BCUT2D eigenvalue weighted by Crippen LogP contribution is -2.20. The van der Waals surface area contributed by atoms with Crippen LogP contribution >= 0.6 is 11.6 Å². The molecule has 0 saturated heterocycles. The zero-order valence-corrected chi connectivity index (χ0v) is 17.1. The van der Waals surface area contributed by atoms with E-state index in [4.69, 9.17) is 21.7 Å². The van der Waals surface area contributed by atoms with Crippen LogP contribution in [0.4, 0.5) is 5.69 Å². The molecule has 4 N–H and O–H groups in total. The van der Waals surface area contributed by atoms with Crippen LogP contribution in [0.15, 0.2) is 47.7 Å². The highest BCUT2D eigenvalue weighted by Gasteiger charge is 2.15. The number of ether oxygens (including phenoxy) is 1. The van der Waals surface area contributed by atoms with Gasteiger partial charge in [-0.2, -0.15) is 0 Å². The summed E-state index contributed by atoms with van der Waals surface area (Å²) in [6.07, 6.45) is 0. The number of benzene rings is 2. The van der Waals surface area contributed by atoms with E-state index in [1.165, 1.54) is 7.05 Å². The van der Waals surface area contributed by atoms with Crippen molar-refractivity contribution in [3.8, 4) is 5.75 Å². The molecule has 0 aliphatic carbocycles. The molecule has 0 fully saturated rings.